The molecule has 0 aromatic heterocycles. The molecule has 0 N–H and O–H groups in total. The molecule has 2 atom stereocenters. The molecule has 0 aliphatic heterocycles. The first-order valence-electron chi connectivity index (χ1n) is 5.85. The van der Waals surface area contributed by atoms with Gasteiger partial charge in [-0.3, -0.25) is 0 Å². The van der Waals surface area contributed by atoms with E-state index < -0.39 is 0 Å². The van der Waals surface area contributed by atoms with Crippen LogP contribution < -0.4 is 0 Å². The maximum atomic E-state index is 3.94. The minimum Gasteiger partial charge on any atom is -0.0628 e. The molecular weight excluding hydrogens is 156 g/mol. The fourth-order valence-corrected chi connectivity index (χ4v) is 1.48. The normalized spacial score (nSPS) is 16.2. The Kier molecular flexibility index (Phi) is 7.41. The van der Waals surface area contributed by atoms with E-state index >= 15 is 0 Å². The van der Waals surface area contributed by atoms with Gasteiger partial charge in [0.1, 0.15) is 0 Å². The van der Waals surface area contributed by atoms with E-state index in [-0.39, 0.29) is 0 Å². The van der Waals surface area contributed by atoms with Crippen molar-refractivity contribution in [1.29, 1.82) is 0 Å². The SMILES string of the molecule is [CH2]CC(C)CCC(C)CCC(C)C. The zero-order chi connectivity index (χ0) is 10.3. The fourth-order valence-electron chi connectivity index (χ4n) is 1.48. The highest BCUT2D eigenvalue weighted by molar-refractivity contribution is 4.60. The Hall–Kier alpha value is 0. The Labute approximate surface area is 85.1 Å². The van der Waals surface area contributed by atoms with Crippen LogP contribution in [-0.4, -0.2) is 0 Å². The molecule has 1 radical (unpaired) electrons. The molecule has 0 aliphatic rings. The predicted molar refractivity (Wildman–Crippen MR) is 61.6 cm³/mol. The predicted octanol–water partition coefficient (Wildman–Crippen LogP) is 4.70. The molecule has 0 aromatic rings. The van der Waals surface area contributed by atoms with Crippen LogP contribution in [0.15, 0.2) is 0 Å². The molecule has 0 saturated heterocycles. The van der Waals surface area contributed by atoms with E-state index in [9.17, 15) is 0 Å². The minimum absolute atomic E-state index is 0.821. The van der Waals surface area contributed by atoms with Gasteiger partial charge >= 0.3 is 0 Å². The lowest BCUT2D eigenvalue weighted by Crippen LogP contribution is -2.01. The van der Waals surface area contributed by atoms with Crippen molar-refractivity contribution in [3.63, 3.8) is 0 Å². The summed E-state index contributed by atoms with van der Waals surface area (Å²) in [5.74, 6) is 2.60. The summed E-state index contributed by atoms with van der Waals surface area (Å²) in [5, 5.41) is 0. The second kappa shape index (κ2) is 7.41. The molecule has 0 fully saturated rings. The van der Waals surface area contributed by atoms with E-state index in [1.807, 2.05) is 0 Å². The van der Waals surface area contributed by atoms with Gasteiger partial charge < -0.3 is 0 Å². The molecule has 0 saturated carbocycles. The number of rotatable bonds is 7. The molecule has 0 bridgehead atoms. The van der Waals surface area contributed by atoms with Gasteiger partial charge in [0.15, 0.2) is 0 Å². The molecule has 0 rings (SSSR count). The lowest BCUT2D eigenvalue weighted by atomic mass is 9.91. The molecule has 0 aromatic carbocycles. The maximum Gasteiger partial charge on any atom is -0.0443 e. The van der Waals surface area contributed by atoms with E-state index in [0.29, 0.717) is 0 Å². The van der Waals surface area contributed by atoms with Crippen LogP contribution in [0.1, 0.15) is 59.8 Å². The first-order valence-corrected chi connectivity index (χ1v) is 5.85. The largest absolute Gasteiger partial charge is 0.0628 e. The van der Waals surface area contributed by atoms with Gasteiger partial charge in [0.2, 0.25) is 0 Å². The summed E-state index contributed by atoms with van der Waals surface area (Å²) in [6, 6.07) is 0. The van der Waals surface area contributed by atoms with E-state index in [2.05, 4.69) is 34.6 Å². The van der Waals surface area contributed by atoms with Gasteiger partial charge in [0, 0.05) is 0 Å². The average Bonchev–Trinajstić information content (AvgIpc) is 2.10. The molecule has 2 unspecified atom stereocenters. The van der Waals surface area contributed by atoms with Crippen LogP contribution in [0.25, 0.3) is 0 Å². The number of hydrogen-bond acceptors (Lipinski definition) is 0. The zero-order valence-electron chi connectivity index (χ0n) is 9.97. The van der Waals surface area contributed by atoms with Gasteiger partial charge in [0.25, 0.3) is 0 Å². The molecule has 0 aliphatic carbocycles. The molecule has 0 spiro atoms. The summed E-state index contributed by atoms with van der Waals surface area (Å²) >= 11 is 0. The highest BCUT2D eigenvalue weighted by Crippen LogP contribution is 2.20. The van der Waals surface area contributed by atoms with Crippen LogP contribution in [0, 0.1) is 24.7 Å². The third-order valence-corrected chi connectivity index (χ3v) is 2.88. The van der Waals surface area contributed by atoms with Crippen LogP contribution in [0.3, 0.4) is 0 Å². The Morgan fingerprint density at radius 1 is 0.769 bits per heavy atom. The highest BCUT2D eigenvalue weighted by atomic mass is 14.1. The lowest BCUT2D eigenvalue weighted by molar-refractivity contribution is 0.384. The quantitative estimate of drug-likeness (QED) is 0.536. The summed E-state index contributed by atoms with van der Waals surface area (Å²) < 4.78 is 0. The van der Waals surface area contributed by atoms with Gasteiger partial charge in [-0.05, 0) is 17.8 Å². The van der Waals surface area contributed by atoms with Crippen molar-refractivity contribution >= 4 is 0 Å². The van der Waals surface area contributed by atoms with Crippen LogP contribution >= 0.6 is 0 Å². The Morgan fingerprint density at radius 3 is 1.69 bits per heavy atom. The standard InChI is InChI=1S/C13H27/c1-6-12(4)9-10-13(5)8-7-11(2)3/h11-13H,1,6-10H2,2-5H3. The van der Waals surface area contributed by atoms with Crippen molar-refractivity contribution in [1.82, 2.24) is 0 Å². The van der Waals surface area contributed by atoms with Gasteiger partial charge in [-0.15, -0.1) is 0 Å². The Morgan fingerprint density at radius 2 is 1.23 bits per heavy atom. The molecular formula is C13H27. The van der Waals surface area contributed by atoms with Crippen molar-refractivity contribution in [2.24, 2.45) is 17.8 Å². The van der Waals surface area contributed by atoms with E-state index in [1.165, 1.54) is 25.7 Å². The average molecular weight is 183 g/mol. The summed E-state index contributed by atoms with van der Waals surface area (Å²) in [4.78, 5) is 0. The smallest absolute Gasteiger partial charge is 0.0443 e. The highest BCUT2D eigenvalue weighted by Gasteiger charge is 2.06. The second-order valence-electron chi connectivity index (χ2n) is 5.05. The summed E-state index contributed by atoms with van der Waals surface area (Å²) in [6.07, 6.45) is 6.64. The number of hydrogen-bond donors (Lipinski definition) is 0. The summed E-state index contributed by atoms with van der Waals surface area (Å²) in [6.45, 7) is 13.3. The topological polar surface area (TPSA) is 0 Å². The van der Waals surface area contributed by atoms with Crippen LogP contribution in [0.2, 0.25) is 0 Å². The Balaban J connectivity index is 3.34. The van der Waals surface area contributed by atoms with Crippen LogP contribution in [-0.2, 0) is 0 Å². The maximum absolute atomic E-state index is 3.94. The molecule has 0 amide bonds. The van der Waals surface area contributed by atoms with Crippen LogP contribution in [0.4, 0.5) is 0 Å². The van der Waals surface area contributed by atoms with Crippen molar-refractivity contribution in [2.75, 3.05) is 0 Å². The first kappa shape index (κ1) is 13.0. The molecule has 0 nitrogen and oxygen atoms in total. The minimum atomic E-state index is 0.821. The second-order valence-corrected chi connectivity index (χ2v) is 5.05. The molecule has 79 valence electrons. The zero-order valence-corrected chi connectivity index (χ0v) is 9.97. The van der Waals surface area contributed by atoms with Crippen molar-refractivity contribution in [3.05, 3.63) is 6.92 Å². The third-order valence-electron chi connectivity index (χ3n) is 2.88. The summed E-state index contributed by atoms with van der Waals surface area (Å²) in [7, 11) is 0. The third kappa shape index (κ3) is 8.33. The van der Waals surface area contributed by atoms with E-state index in [1.54, 1.807) is 0 Å². The monoisotopic (exact) mass is 183 g/mol. The van der Waals surface area contributed by atoms with E-state index in [0.717, 1.165) is 24.2 Å². The lowest BCUT2D eigenvalue weighted by Gasteiger charge is -2.15. The summed E-state index contributed by atoms with van der Waals surface area (Å²) in [5.41, 5.74) is 0. The molecule has 13 heavy (non-hydrogen) atoms. The van der Waals surface area contributed by atoms with Crippen LogP contribution in [0.5, 0.6) is 0 Å². The van der Waals surface area contributed by atoms with Gasteiger partial charge in [-0.25, -0.2) is 0 Å². The van der Waals surface area contributed by atoms with Gasteiger partial charge in [0.05, 0.1) is 0 Å². The molecule has 0 heterocycles. The fraction of sp³-hybridized carbons (Fsp3) is 0.923. The van der Waals surface area contributed by atoms with Crippen molar-refractivity contribution in [3.8, 4) is 0 Å². The Bertz CT molecular complexity index is 105. The molecule has 0 heteroatoms. The van der Waals surface area contributed by atoms with Gasteiger partial charge in [-0.1, -0.05) is 66.7 Å². The van der Waals surface area contributed by atoms with Gasteiger partial charge in [-0.2, -0.15) is 0 Å². The van der Waals surface area contributed by atoms with E-state index in [4.69, 9.17) is 0 Å². The van der Waals surface area contributed by atoms with Crippen molar-refractivity contribution < 1.29 is 0 Å². The van der Waals surface area contributed by atoms with Crippen molar-refractivity contribution in [2.45, 2.75) is 59.8 Å². The first-order chi connectivity index (χ1) is 6.06.